The highest BCUT2D eigenvalue weighted by Gasteiger charge is 2.26. The Balaban J connectivity index is 1.70. The average molecular weight is 295 g/mol. The van der Waals surface area contributed by atoms with E-state index in [4.69, 9.17) is 0 Å². The van der Waals surface area contributed by atoms with Crippen LogP contribution in [0.1, 0.15) is 51.9 Å². The maximum atomic E-state index is 12.3. The Hall–Kier alpha value is -1.10. The van der Waals surface area contributed by atoms with Gasteiger partial charge >= 0.3 is 0 Å². The van der Waals surface area contributed by atoms with Gasteiger partial charge in [-0.1, -0.05) is 12.8 Å². The van der Waals surface area contributed by atoms with E-state index < -0.39 is 0 Å². The first-order chi connectivity index (χ1) is 10.1. The van der Waals surface area contributed by atoms with Crippen LogP contribution in [0.3, 0.4) is 0 Å². The predicted molar refractivity (Wildman–Crippen MR) is 82.8 cm³/mol. The lowest BCUT2D eigenvalue weighted by atomic mass is 10.0. The summed E-state index contributed by atoms with van der Waals surface area (Å²) in [6, 6.07) is 0.473. The number of piperidine rings is 1. The number of carbonyl (C=O) groups is 2. The second-order valence-electron chi connectivity index (χ2n) is 6.54. The number of amides is 2. The lowest BCUT2D eigenvalue weighted by molar-refractivity contribution is -0.133. The van der Waals surface area contributed by atoms with Gasteiger partial charge in [0.1, 0.15) is 0 Å². The van der Waals surface area contributed by atoms with Gasteiger partial charge in [0.05, 0.1) is 0 Å². The maximum absolute atomic E-state index is 12.3. The van der Waals surface area contributed by atoms with Crippen molar-refractivity contribution >= 4 is 11.8 Å². The SMILES string of the molecule is CNC1CCN(C(=O)CC(C)NC(=O)C2CCCC2)CC1. The minimum atomic E-state index is -0.0624. The fraction of sp³-hybridized carbons (Fsp3) is 0.875. The summed E-state index contributed by atoms with van der Waals surface area (Å²) in [5.41, 5.74) is 0. The van der Waals surface area contributed by atoms with Gasteiger partial charge in [-0.25, -0.2) is 0 Å². The molecule has 2 amide bonds. The fourth-order valence-electron chi connectivity index (χ4n) is 3.41. The van der Waals surface area contributed by atoms with Crippen molar-refractivity contribution in [2.24, 2.45) is 5.92 Å². The second kappa shape index (κ2) is 7.78. The molecule has 0 aromatic carbocycles. The number of nitrogens with zero attached hydrogens (tertiary/aromatic N) is 1. The standard InChI is InChI=1S/C16H29N3O2/c1-12(18-16(21)13-5-3-4-6-13)11-15(20)19-9-7-14(17-2)8-10-19/h12-14,17H,3-11H2,1-2H3,(H,18,21). The highest BCUT2D eigenvalue weighted by molar-refractivity contribution is 5.81. The number of hydrogen-bond donors (Lipinski definition) is 2. The summed E-state index contributed by atoms with van der Waals surface area (Å²) in [6.07, 6.45) is 6.78. The molecule has 2 fully saturated rings. The molecule has 2 aliphatic rings. The Labute approximate surface area is 127 Å². The van der Waals surface area contributed by atoms with Crippen LogP contribution in [-0.2, 0) is 9.59 Å². The molecule has 0 spiro atoms. The van der Waals surface area contributed by atoms with Crippen LogP contribution < -0.4 is 10.6 Å². The van der Waals surface area contributed by atoms with Crippen molar-refractivity contribution in [1.29, 1.82) is 0 Å². The van der Waals surface area contributed by atoms with Gasteiger partial charge in [-0.05, 0) is 39.7 Å². The van der Waals surface area contributed by atoms with Crippen LogP contribution in [0.15, 0.2) is 0 Å². The number of nitrogens with one attached hydrogen (secondary N) is 2. The van der Waals surface area contributed by atoms with Crippen molar-refractivity contribution in [2.75, 3.05) is 20.1 Å². The van der Waals surface area contributed by atoms with Crippen LogP contribution in [-0.4, -0.2) is 48.9 Å². The first-order valence-corrected chi connectivity index (χ1v) is 8.35. The third-order valence-electron chi connectivity index (χ3n) is 4.85. The summed E-state index contributed by atoms with van der Waals surface area (Å²) in [4.78, 5) is 26.2. The minimum absolute atomic E-state index is 0.0624. The van der Waals surface area contributed by atoms with Crippen molar-refractivity contribution in [2.45, 2.75) is 64.0 Å². The maximum Gasteiger partial charge on any atom is 0.224 e. The third-order valence-corrected chi connectivity index (χ3v) is 4.85. The zero-order valence-electron chi connectivity index (χ0n) is 13.4. The van der Waals surface area contributed by atoms with E-state index in [-0.39, 0.29) is 23.8 Å². The quantitative estimate of drug-likeness (QED) is 0.803. The topological polar surface area (TPSA) is 61.4 Å². The van der Waals surface area contributed by atoms with Gasteiger partial charge in [0, 0.05) is 37.5 Å². The zero-order chi connectivity index (χ0) is 15.2. The van der Waals surface area contributed by atoms with Gasteiger partial charge < -0.3 is 15.5 Å². The molecule has 1 saturated carbocycles. The highest BCUT2D eigenvalue weighted by Crippen LogP contribution is 2.24. The minimum Gasteiger partial charge on any atom is -0.353 e. The van der Waals surface area contributed by atoms with Crippen LogP contribution in [0.2, 0.25) is 0 Å². The molecule has 1 heterocycles. The Morgan fingerprint density at radius 2 is 1.76 bits per heavy atom. The predicted octanol–water partition coefficient (Wildman–Crippen LogP) is 1.28. The molecule has 1 atom stereocenters. The molecule has 120 valence electrons. The molecule has 1 aliphatic carbocycles. The summed E-state index contributed by atoms with van der Waals surface area (Å²) in [7, 11) is 1.97. The number of hydrogen-bond acceptors (Lipinski definition) is 3. The van der Waals surface area contributed by atoms with Crippen molar-refractivity contribution in [3.8, 4) is 0 Å². The smallest absolute Gasteiger partial charge is 0.224 e. The molecule has 5 nitrogen and oxygen atoms in total. The number of carbonyl (C=O) groups excluding carboxylic acids is 2. The first-order valence-electron chi connectivity index (χ1n) is 8.35. The van der Waals surface area contributed by atoms with Crippen LogP contribution in [0.25, 0.3) is 0 Å². The van der Waals surface area contributed by atoms with E-state index in [1.165, 1.54) is 0 Å². The van der Waals surface area contributed by atoms with Crippen molar-refractivity contribution in [1.82, 2.24) is 15.5 Å². The molecule has 1 saturated heterocycles. The summed E-state index contributed by atoms with van der Waals surface area (Å²) < 4.78 is 0. The number of likely N-dealkylation sites (tertiary alicyclic amines) is 1. The van der Waals surface area contributed by atoms with Crippen molar-refractivity contribution in [3.63, 3.8) is 0 Å². The molecular formula is C16H29N3O2. The summed E-state index contributed by atoms with van der Waals surface area (Å²) in [5.74, 6) is 0.486. The molecule has 2 N–H and O–H groups in total. The Bertz CT molecular complexity index is 359. The molecule has 0 radical (unpaired) electrons. The van der Waals surface area contributed by atoms with E-state index in [1.54, 1.807) is 0 Å². The Kier molecular flexibility index (Phi) is 6.03. The van der Waals surface area contributed by atoms with Gasteiger partial charge in [-0.15, -0.1) is 0 Å². The third kappa shape index (κ3) is 4.70. The Morgan fingerprint density at radius 1 is 1.14 bits per heavy atom. The lowest BCUT2D eigenvalue weighted by Gasteiger charge is -2.32. The Morgan fingerprint density at radius 3 is 2.33 bits per heavy atom. The van der Waals surface area contributed by atoms with Crippen LogP contribution in [0, 0.1) is 5.92 Å². The van der Waals surface area contributed by atoms with Gasteiger partial charge in [0.15, 0.2) is 0 Å². The van der Waals surface area contributed by atoms with Crippen molar-refractivity contribution < 1.29 is 9.59 Å². The highest BCUT2D eigenvalue weighted by atomic mass is 16.2. The zero-order valence-corrected chi connectivity index (χ0v) is 13.4. The lowest BCUT2D eigenvalue weighted by Crippen LogP contribution is -2.46. The van der Waals surface area contributed by atoms with Gasteiger partial charge in [-0.2, -0.15) is 0 Å². The largest absolute Gasteiger partial charge is 0.353 e. The molecule has 1 aliphatic heterocycles. The van der Waals surface area contributed by atoms with E-state index in [0.29, 0.717) is 12.5 Å². The monoisotopic (exact) mass is 295 g/mol. The summed E-state index contributed by atoms with van der Waals surface area (Å²) >= 11 is 0. The van der Waals surface area contributed by atoms with Crippen molar-refractivity contribution in [3.05, 3.63) is 0 Å². The van der Waals surface area contributed by atoms with E-state index in [2.05, 4.69) is 10.6 Å². The van der Waals surface area contributed by atoms with Gasteiger partial charge in [0.25, 0.3) is 0 Å². The fourth-order valence-corrected chi connectivity index (χ4v) is 3.41. The van der Waals surface area contributed by atoms with Gasteiger partial charge in [-0.3, -0.25) is 9.59 Å². The molecule has 0 aromatic rings. The van der Waals surface area contributed by atoms with E-state index >= 15 is 0 Å². The molecule has 1 unspecified atom stereocenters. The summed E-state index contributed by atoms with van der Waals surface area (Å²) in [5, 5.41) is 6.28. The van der Waals surface area contributed by atoms with Crippen LogP contribution in [0.4, 0.5) is 0 Å². The van der Waals surface area contributed by atoms with Crippen LogP contribution >= 0.6 is 0 Å². The summed E-state index contributed by atoms with van der Waals surface area (Å²) in [6.45, 7) is 3.59. The van der Waals surface area contributed by atoms with E-state index in [9.17, 15) is 9.59 Å². The number of rotatable bonds is 5. The molecular weight excluding hydrogens is 266 g/mol. The molecule has 0 aromatic heterocycles. The van der Waals surface area contributed by atoms with Crippen LogP contribution in [0.5, 0.6) is 0 Å². The first kappa shape index (κ1) is 16.3. The molecule has 21 heavy (non-hydrogen) atoms. The average Bonchev–Trinajstić information content (AvgIpc) is 3.01. The van der Waals surface area contributed by atoms with Gasteiger partial charge in [0.2, 0.25) is 11.8 Å². The molecule has 2 rings (SSSR count). The normalized spacial score (nSPS) is 22.3. The van der Waals surface area contributed by atoms with E-state index in [0.717, 1.165) is 51.6 Å². The second-order valence-corrected chi connectivity index (χ2v) is 6.54. The van der Waals surface area contributed by atoms with E-state index in [1.807, 2.05) is 18.9 Å². The molecule has 0 bridgehead atoms. The molecule has 5 heteroatoms.